The van der Waals surface area contributed by atoms with Crippen molar-refractivity contribution in [3.05, 3.63) is 53.8 Å². The summed E-state index contributed by atoms with van der Waals surface area (Å²) in [4.78, 5) is 12.6. The van der Waals surface area contributed by atoms with Crippen LogP contribution >= 0.6 is 13.5 Å². The summed E-state index contributed by atoms with van der Waals surface area (Å²) in [5, 5.41) is 2.44. The molecule has 1 aliphatic rings. The van der Waals surface area contributed by atoms with Crippen LogP contribution in [0.4, 0.5) is 10.1 Å². The molecule has 6 nitrogen and oxygen atoms in total. The molecule has 0 saturated carbocycles. The Kier molecular flexibility index (Phi) is 7.45. The smallest absolute Gasteiger partial charge is 0.259 e. The van der Waals surface area contributed by atoms with E-state index in [9.17, 15) is 17.6 Å². The number of rotatable bonds is 6. The van der Waals surface area contributed by atoms with Crippen LogP contribution in [-0.4, -0.2) is 40.4 Å². The minimum absolute atomic E-state index is 0. The van der Waals surface area contributed by atoms with E-state index in [2.05, 4.69) is 5.32 Å². The second-order valence-corrected chi connectivity index (χ2v) is 8.34. The first-order chi connectivity index (χ1) is 12.9. The summed E-state index contributed by atoms with van der Waals surface area (Å²) in [7, 11) is -2.22. The molecular weight excluding hydrogens is 405 g/mol. The molecule has 0 unspecified atom stereocenters. The van der Waals surface area contributed by atoms with Crippen LogP contribution in [0.5, 0.6) is 5.75 Å². The van der Waals surface area contributed by atoms with Crippen LogP contribution in [0.15, 0.2) is 47.4 Å². The lowest BCUT2D eigenvalue weighted by atomic mass is 10.1. The molecule has 9 heteroatoms. The van der Waals surface area contributed by atoms with Crippen molar-refractivity contribution in [3.63, 3.8) is 0 Å². The highest BCUT2D eigenvalue weighted by atomic mass is 32.2. The van der Waals surface area contributed by atoms with Crippen molar-refractivity contribution < 1.29 is 27.1 Å². The van der Waals surface area contributed by atoms with Gasteiger partial charge in [-0.2, -0.15) is 13.5 Å². The van der Waals surface area contributed by atoms with E-state index in [1.165, 1.54) is 43.5 Å². The van der Waals surface area contributed by atoms with Crippen molar-refractivity contribution >= 4 is 34.9 Å². The maximum Gasteiger partial charge on any atom is 0.259 e. The predicted octanol–water partition coefficient (Wildman–Crippen LogP) is 3.01. The quantitative estimate of drug-likeness (QED) is 0.766. The Bertz CT molecular complexity index is 943. The van der Waals surface area contributed by atoms with Crippen LogP contribution < -0.4 is 10.1 Å². The summed E-state index contributed by atoms with van der Waals surface area (Å²) in [5.41, 5.74) is 0.0189. The van der Waals surface area contributed by atoms with Gasteiger partial charge in [-0.05, 0) is 42.7 Å². The zero-order valence-electron chi connectivity index (χ0n) is 15.3. The topological polar surface area (TPSA) is 81.7 Å². The molecule has 1 saturated heterocycles. The molecule has 0 aromatic heterocycles. The van der Waals surface area contributed by atoms with Gasteiger partial charge in [-0.25, -0.2) is 12.8 Å². The number of amides is 1. The summed E-state index contributed by atoms with van der Waals surface area (Å²) in [6, 6.07) is 9.82. The van der Waals surface area contributed by atoms with E-state index in [1.54, 1.807) is 6.07 Å². The normalized spacial score (nSPS) is 16.3. The lowest BCUT2D eigenvalue weighted by Gasteiger charge is -2.13. The first-order valence-corrected chi connectivity index (χ1v) is 10.1. The van der Waals surface area contributed by atoms with E-state index in [0.29, 0.717) is 19.6 Å². The number of anilines is 1. The second kappa shape index (κ2) is 9.40. The lowest BCUT2D eigenvalue weighted by Crippen LogP contribution is -2.18. The van der Waals surface area contributed by atoms with E-state index in [0.717, 1.165) is 0 Å². The van der Waals surface area contributed by atoms with E-state index in [4.69, 9.17) is 9.47 Å². The molecule has 1 amide bonds. The molecule has 2 aromatic carbocycles. The molecule has 1 N–H and O–H groups in total. The molecule has 152 valence electrons. The number of hydrogen-bond donors (Lipinski definition) is 1. The van der Waals surface area contributed by atoms with Crippen molar-refractivity contribution in [1.82, 2.24) is 0 Å². The fourth-order valence-corrected chi connectivity index (χ4v) is 4.58. The molecule has 1 heterocycles. The largest absolute Gasteiger partial charge is 0.496 e. The summed E-state index contributed by atoms with van der Waals surface area (Å²) >= 11 is 0. The molecule has 0 bridgehead atoms. The number of ether oxygens (including phenoxy) is 2. The van der Waals surface area contributed by atoms with Gasteiger partial charge in [0.25, 0.3) is 5.91 Å². The van der Waals surface area contributed by atoms with Crippen molar-refractivity contribution in [2.75, 3.05) is 31.4 Å². The first-order valence-electron chi connectivity index (χ1n) is 8.45. The summed E-state index contributed by atoms with van der Waals surface area (Å²) in [5.74, 6) is -1.15. The molecule has 1 atom stereocenters. The third-order valence-corrected chi connectivity index (χ3v) is 6.26. The molecule has 28 heavy (non-hydrogen) atoms. The fourth-order valence-electron chi connectivity index (χ4n) is 2.93. The minimum atomic E-state index is -3.60. The first kappa shape index (κ1) is 22.2. The van der Waals surface area contributed by atoms with Crippen molar-refractivity contribution in [2.45, 2.75) is 11.3 Å². The Morgan fingerprint density at radius 3 is 2.68 bits per heavy atom. The number of benzene rings is 2. The van der Waals surface area contributed by atoms with E-state index >= 15 is 0 Å². The zero-order chi connectivity index (χ0) is 19.4. The van der Waals surface area contributed by atoms with Gasteiger partial charge >= 0.3 is 0 Å². The monoisotopic (exact) mass is 427 g/mol. The molecule has 0 aliphatic carbocycles. The minimum Gasteiger partial charge on any atom is -0.496 e. The SMILES string of the molecule is COc1ccc(S(=O)(=O)C[C@H]2CCOC2)cc1C(=O)Nc1ccccc1F.S. The van der Waals surface area contributed by atoms with Gasteiger partial charge in [0, 0.05) is 6.61 Å². The fraction of sp³-hybridized carbons (Fsp3) is 0.316. The van der Waals surface area contributed by atoms with Crippen LogP contribution in [0.25, 0.3) is 0 Å². The highest BCUT2D eigenvalue weighted by Crippen LogP contribution is 2.27. The van der Waals surface area contributed by atoms with Gasteiger partial charge in [0.15, 0.2) is 9.84 Å². The van der Waals surface area contributed by atoms with Crippen LogP contribution in [0.1, 0.15) is 16.8 Å². The molecule has 0 spiro atoms. The van der Waals surface area contributed by atoms with Crippen molar-refractivity contribution in [3.8, 4) is 5.75 Å². The highest BCUT2D eigenvalue weighted by Gasteiger charge is 2.26. The van der Waals surface area contributed by atoms with Crippen LogP contribution in [-0.2, 0) is 14.6 Å². The number of sulfone groups is 1. The van der Waals surface area contributed by atoms with Crippen LogP contribution in [0.2, 0.25) is 0 Å². The maximum absolute atomic E-state index is 13.8. The number of carbonyl (C=O) groups is 1. The number of halogens is 1. The van der Waals surface area contributed by atoms with Gasteiger partial charge in [0.2, 0.25) is 0 Å². The number of para-hydroxylation sites is 1. The second-order valence-electron chi connectivity index (χ2n) is 6.31. The molecule has 3 rings (SSSR count). The lowest BCUT2D eigenvalue weighted by molar-refractivity contribution is 0.102. The summed E-state index contributed by atoms with van der Waals surface area (Å²) in [6.07, 6.45) is 0.690. The molecule has 1 fully saturated rings. The summed E-state index contributed by atoms with van der Waals surface area (Å²) < 4.78 is 49.6. The molecule has 1 aliphatic heterocycles. The van der Waals surface area contributed by atoms with E-state index in [1.807, 2.05) is 0 Å². The van der Waals surface area contributed by atoms with Crippen LogP contribution in [0.3, 0.4) is 0 Å². The standard InChI is InChI=1S/C19H20FNO5S.H2S/c1-25-18-7-6-14(27(23,24)12-13-8-9-26-11-13)10-15(18)19(22)21-17-5-3-2-4-16(17)20;/h2-7,10,13H,8-9,11-12H2,1H3,(H,21,22);1H2/t13-;/m0./s1. The number of hydrogen-bond acceptors (Lipinski definition) is 5. The van der Waals surface area contributed by atoms with Gasteiger partial charge in [0.05, 0.1) is 35.6 Å². The molecular formula is C19H22FNO5S2. The van der Waals surface area contributed by atoms with Gasteiger partial charge in [-0.1, -0.05) is 12.1 Å². The van der Waals surface area contributed by atoms with Gasteiger partial charge in [-0.15, -0.1) is 0 Å². The molecule has 2 aromatic rings. The van der Waals surface area contributed by atoms with Gasteiger partial charge < -0.3 is 14.8 Å². The predicted molar refractivity (Wildman–Crippen MR) is 109 cm³/mol. The summed E-state index contributed by atoms with van der Waals surface area (Å²) in [6.45, 7) is 0.967. The highest BCUT2D eigenvalue weighted by molar-refractivity contribution is 7.91. The van der Waals surface area contributed by atoms with Crippen LogP contribution in [0, 0.1) is 11.7 Å². The Morgan fingerprint density at radius 1 is 1.29 bits per heavy atom. The average molecular weight is 428 g/mol. The Labute approximate surface area is 170 Å². The third kappa shape index (κ3) is 5.03. The number of carbonyl (C=O) groups excluding carboxylic acids is 1. The average Bonchev–Trinajstić information content (AvgIpc) is 3.15. The number of methoxy groups -OCH3 is 1. The van der Waals surface area contributed by atoms with Crippen molar-refractivity contribution in [2.24, 2.45) is 5.92 Å². The maximum atomic E-state index is 13.8. The van der Waals surface area contributed by atoms with E-state index in [-0.39, 0.29) is 47.1 Å². The number of nitrogens with one attached hydrogen (secondary N) is 1. The van der Waals surface area contributed by atoms with Gasteiger partial charge in [0.1, 0.15) is 11.6 Å². The Balaban J connectivity index is 0.00000280. The van der Waals surface area contributed by atoms with Gasteiger partial charge in [-0.3, -0.25) is 4.79 Å². The van der Waals surface area contributed by atoms with E-state index < -0.39 is 21.6 Å². The van der Waals surface area contributed by atoms with Crippen molar-refractivity contribution in [1.29, 1.82) is 0 Å². The third-order valence-electron chi connectivity index (χ3n) is 4.38. The Hall–Kier alpha value is -2.10. The Morgan fingerprint density at radius 2 is 2.04 bits per heavy atom. The molecule has 0 radical (unpaired) electrons. The zero-order valence-corrected chi connectivity index (χ0v) is 17.1.